The quantitative estimate of drug-likeness (QED) is 0.604. The zero-order valence-corrected chi connectivity index (χ0v) is 17.7. The third kappa shape index (κ3) is 4.81. The lowest BCUT2D eigenvalue weighted by molar-refractivity contribution is -0.139. The number of aliphatic carboxylic acids is 1. The first kappa shape index (κ1) is 21.6. The minimum absolute atomic E-state index is 0.0302. The highest BCUT2D eigenvalue weighted by Gasteiger charge is 2.35. The summed E-state index contributed by atoms with van der Waals surface area (Å²) in [5.74, 6) is -0.760. The van der Waals surface area contributed by atoms with E-state index in [0.717, 1.165) is 11.1 Å². The van der Waals surface area contributed by atoms with Crippen molar-refractivity contribution in [1.82, 2.24) is 14.9 Å². The van der Waals surface area contributed by atoms with Gasteiger partial charge in [0.2, 0.25) is 0 Å². The fourth-order valence-electron chi connectivity index (χ4n) is 3.74. The molecule has 32 heavy (non-hydrogen) atoms. The van der Waals surface area contributed by atoms with Crippen LogP contribution in [0.4, 0.5) is 4.79 Å². The second-order valence-corrected chi connectivity index (χ2v) is 7.65. The van der Waals surface area contributed by atoms with Crippen molar-refractivity contribution in [3.8, 4) is 5.75 Å². The number of fused-ring (bicyclic) bond motifs is 1. The minimum atomic E-state index is -1.10. The summed E-state index contributed by atoms with van der Waals surface area (Å²) in [7, 11) is 0. The van der Waals surface area contributed by atoms with Crippen molar-refractivity contribution in [1.29, 1.82) is 0 Å². The van der Waals surface area contributed by atoms with Gasteiger partial charge in [-0.3, -0.25) is 4.90 Å². The van der Waals surface area contributed by atoms with Gasteiger partial charge in [-0.05, 0) is 35.7 Å². The zero-order chi connectivity index (χ0) is 22.5. The van der Waals surface area contributed by atoms with Crippen LogP contribution in [-0.4, -0.2) is 45.2 Å². The van der Waals surface area contributed by atoms with E-state index in [1.807, 2.05) is 24.3 Å². The van der Waals surface area contributed by atoms with Crippen molar-refractivity contribution in [3.63, 3.8) is 0 Å². The Kier molecular flexibility index (Phi) is 6.51. The maximum absolute atomic E-state index is 13.1. The standard InChI is InChI=1S/C23H20ClN3O5/c24-17-5-6-20(31-13-21(28)29)19(9-17)22-18-4-2-1-3-16(18)7-8-27(22)23(30)32-12-15-10-25-14-26-11-15/h1-6,9-11,14,22H,7-8,12-13H2,(H,28,29). The van der Waals surface area contributed by atoms with Gasteiger partial charge in [0, 0.05) is 35.1 Å². The fourth-order valence-corrected chi connectivity index (χ4v) is 3.92. The van der Waals surface area contributed by atoms with Crippen LogP contribution in [0.5, 0.6) is 5.75 Å². The van der Waals surface area contributed by atoms with Crippen LogP contribution >= 0.6 is 11.6 Å². The van der Waals surface area contributed by atoms with E-state index >= 15 is 0 Å². The van der Waals surface area contributed by atoms with E-state index in [2.05, 4.69) is 9.97 Å². The number of halogens is 1. The predicted octanol–water partition coefficient (Wildman–Crippen LogP) is 3.88. The first-order valence-electron chi connectivity index (χ1n) is 9.92. The molecule has 1 N–H and O–H groups in total. The molecule has 2 aromatic carbocycles. The Labute approximate surface area is 189 Å². The molecule has 3 aromatic rings. The number of hydrogen-bond donors (Lipinski definition) is 1. The van der Waals surface area contributed by atoms with Crippen molar-refractivity contribution in [3.05, 3.63) is 88.5 Å². The Morgan fingerprint density at radius 1 is 1.12 bits per heavy atom. The Hall–Kier alpha value is -3.65. The van der Waals surface area contributed by atoms with Crippen molar-refractivity contribution in [2.45, 2.75) is 19.1 Å². The second-order valence-electron chi connectivity index (χ2n) is 7.21. The maximum Gasteiger partial charge on any atom is 0.410 e. The summed E-state index contributed by atoms with van der Waals surface area (Å²) in [5.41, 5.74) is 3.25. The molecule has 1 atom stereocenters. The molecule has 1 aliphatic rings. The van der Waals surface area contributed by atoms with Crippen LogP contribution in [-0.2, 0) is 22.6 Å². The van der Waals surface area contributed by atoms with Crippen molar-refractivity contribution >= 4 is 23.7 Å². The lowest BCUT2D eigenvalue weighted by Gasteiger charge is -2.37. The number of carbonyl (C=O) groups excluding carboxylic acids is 1. The van der Waals surface area contributed by atoms with Gasteiger partial charge in [0.1, 0.15) is 18.7 Å². The molecule has 1 aromatic heterocycles. The second kappa shape index (κ2) is 9.65. The van der Waals surface area contributed by atoms with E-state index in [-0.39, 0.29) is 6.61 Å². The Morgan fingerprint density at radius 3 is 2.69 bits per heavy atom. The number of hydrogen-bond acceptors (Lipinski definition) is 6. The van der Waals surface area contributed by atoms with Crippen molar-refractivity contribution < 1.29 is 24.2 Å². The number of ether oxygens (including phenoxy) is 2. The number of benzene rings is 2. The summed E-state index contributed by atoms with van der Waals surface area (Å²) in [6, 6.07) is 12.2. The van der Waals surface area contributed by atoms with Crippen LogP contribution in [0.15, 0.2) is 61.2 Å². The van der Waals surface area contributed by atoms with Crippen molar-refractivity contribution in [2.75, 3.05) is 13.2 Å². The topological polar surface area (TPSA) is 102 Å². The third-order valence-electron chi connectivity index (χ3n) is 5.11. The number of carboxylic acids is 1. The lowest BCUT2D eigenvalue weighted by atomic mass is 9.88. The highest BCUT2D eigenvalue weighted by atomic mass is 35.5. The lowest BCUT2D eigenvalue weighted by Crippen LogP contribution is -2.41. The molecule has 1 unspecified atom stereocenters. The fraction of sp³-hybridized carbons (Fsp3) is 0.217. The molecular formula is C23H20ClN3O5. The first-order chi connectivity index (χ1) is 15.5. The summed E-state index contributed by atoms with van der Waals surface area (Å²) in [5, 5.41) is 9.51. The molecule has 0 saturated heterocycles. The summed E-state index contributed by atoms with van der Waals surface area (Å²) in [4.78, 5) is 33.7. The van der Waals surface area contributed by atoms with Gasteiger partial charge in [-0.15, -0.1) is 0 Å². The maximum atomic E-state index is 13.1. The normalized spacial score (nSPS) is 15.0. The predicted molar refractivity (Wildman–Crippen MR) is 115 cm³/mol. The van der Waals surface area contributed by atoms with E-state index < -0.39 is 24.7 Å². The van der Waals surface area contributed by atoms with Gasteiger partial charge in [-0.2, -0.15) is 0 Å². The molecule has 0 bridgehead atoms. The molecule has 0 fully saturated rings. The number of amides is 1. The summed E-state index contributed by atoms with van der Waals surface area (Å²) >= 11 is 6.27. The van der Waals surface area contributed by atoms with Crippen LogP contribution in [0, 0.1) is 0 Å². The van der Waals surface area contributed by atoms with Crippen LogP contribution in [0.2, 0.25) is 5.02 Å². The van der Waals surface area contributed by atoms with Gasteiger partial charge in [0.15, 0.2) is 6.61 Å². The van der Waals surface area contributed by atoms with Crippen LogP contribution in [0.3, 0.4) is 0 Å². The van der Waals surface area contributed by atoms with Crippen LogP contribution < -0.4 is 4.74 Å². The Bertz CT molecular complexity index is 1130. The number of carboxylic acid groups (broad SMARTS) is 1. The van der Waals surface area contributed by atoms with Gasteiger partial charge in [0.05, 0.1) is 6.04 Å². The number of nitrogens with zero attached hydrogens (tertiary/aromatic N) is 3. The monoisotopic (exact) mass is 453 g/mol. The average Bonchev–Trinajstić information content (AvgIpc) is 2.81. The third-order valence-corrected chi connectivity index (χ3v) is 5.35. The molecule has 1 aliphatic heterocycles. The van der Waals surface area contributed by atoms with Crippen LogP contribution in [0.25, 0.3) is 0 Å². The molecular weight excluding hydrogens is 434 g/mol. The molecule has 0 spiro atoms. The Balaban J connectivity index is 1.69. The van der Waals surface area contributed by atoms with Gasteiger partial charge in [0.25, 0.3) is 0 Å². The smallest absolute Gasteiger partial charge is 0.410 e. The average molecular weight is 454 g/mol. The molecule has 8 nitrogen and oxygen atoms in total. The van der Waals surface area contributed by atoms with E-state index in [1.165, 1.54) is 6.33 Å². The zero-order valence-electron chi connectivity index (χ0n) is 17.0. The van der Waals surface area contributed by atoms with Gasteiger partial charge in [-0.25, -0.2) is 19.6 Å². The van der Waals surface area contributed by atoms with Crippen LogP contribution in [0.1, 0.15) is 28.3 Å². The number of carbonyl (C=O) groups is 2. The van der Waals surface area contributed by atoms with Crippen molar-refractivity contribution in [2.24, 2.45) is 0 Å². The van der Waals surface area contributed by atoms with E-state index in [0.29, 0.717) is 34.9 Å². The minimum Gasteiger partial charge on any atom is -0.482 e. The first-order valence-corrected chi connectivity index (χ1v) is 10.3. The highest BCUT2D eigenvalue weighted by Crippen LogP contribution is 2.40. The highest BCUT2D eigenvalue weighted by molar-refractivity contribution is 6.30. The Morgan fingerprint density at radius 2 is 1.91 bits per heavy atom. The molecule has 0 saturated carbocycles. The van der Waals surface area contributed by atoms with E-state index in [9.17, 15) is 9.59 Å². The summed E-state index contributed by atoms with van der Waals surface area (Å²) < 4.78 is 11.1. The largest absolute Gasteiger partial charge is 0.482 e. The van der Waals surface area contributed by atoms with Gasteiger partial charge in [-0.1, -0.05) is 35.9 Å². The van der Waals surface area contributed by atoms with Gasteiger partial charge >= 0.3 is 12.1 Å². The molecule has 164 valence electrons. The molecule has 2 heterocycles. The number of rotatable bonds is 6. The molecule has 9 heteroatoms. The summed E-state index contributed by atoms with van der Waals surface area (Å²) in [6.07, 6.45) is 4.71. The molecule has 1 amide bonds. The molecule has 4 rings (SSSR count). The molecule has 0 aliphatic carbocycles. The SMILES string of the molecule is O=C(O)COc1ccc(Cl)cc1C1c2ccccc2CCN1C(=O)OCc1cncnc1. The number of aromatic nitrogens is 2. The van der Waals surface area contributed by atoms with E-state index in [4.69, 9.17) is 26.2 Å². The van der Waals surface area contributed by atoms with E-state index in [1.54, 1.807) is 35.5 Å². The summed E-state index contributed by atoms with van der Waals surface area (Å²) in [6.45, 7) is -0.0689. The molecule has 0 radical (unpaired) electrons. The van der Waals surface area contributed by atoms with Gasteiger partial charge < -0.3 is 14.6 Å².